The maximum Gasteiger partial charge on any atom is 0.306 e. The van der Waals surface area contributed by atoms with E-state index in [1.54, 1.807) is 21.1 Å². The molecule has 53 heavy (non-hydrogen) atoms. The van der Waals surface area contributed by atoms with Crippen LogP contribution in [-0.4, -0.2) is 75.5 Å². The van der Waals surface area contributed by atoms with Gasteiger partial charge in [0.05, 0.1) is 40.3 Å². The molecule has 0 aromatic rings. The molecule has 0 aliphatic heterocycles. The average Bonchev–Trinajstić information content (AvgIpc) is 3.11. The van der Waals surface area contributed by atoms with Gasteiger partial charge in [0, 0.05) is 19.3 Å². The van der Waals surface area contributed by atoms with Crippen molar-refractivity contribution in [3.8, 4) is 0 Å². The summed E-state index contributed by atoms with van der Waals surface area (Å²) in [6.07, 6.45) is 42.5. The number of rotatable bonds is 36. The number of nitrogens with zero attached hydrogens (tertiary/aromatic N) is 1. The largest absolute Gasteiger partial charge is 0.544 e. The molecule has 0 aromatic carbocycles. The molecule has 0 bridgehead atoms. The molecule has 0 fully saturated rings. The quantitative estimate of drug-likeness (QED) is 0.0273. The van der Waals surface area contributed by atoms with Gasteiger partial charge < -0.3 is 28.6 Å². The first-order valence-electron chi connectivity index (χ1n) is 20.8. The molecule has 0 N–H and O–H groups in total. The van der Waals surface area contributed by atoms with Crippen LogP contribution < -0.4 is 5.11 Å². The lowest BCUT2D eigenvalue weighted by Crippen LogP contribution is -2.55. The number of carbonyl (C=O) groups is 3. The van der Waals surface area contributed by atoms with Gasteiger partial charge in [-0.2, -0.15) is 0 Å². The Balaban J connectivity index is 4.43. The zero-order chi connectivity index (χ0) is 39.3. The number of carboxylic acids is 1. The number of quaternary nitrogens is 1. The number of likely N-dealkylation sites (N-methyl/N-ethyl adjacent to an activating group) is 1. The minimum Gasteiger partial charge on any atom is -0.544 e. The molecule has 0 saturated heterocycles. The number of carboxylic acid groups (broad SMARTS) is 1. The molecule has 0 aliphatic carbocycles. The van der Waals surface area contributed by atoms with Gasteiger partial charge in [0.1, 0.15) is 12.6 Å². The highest BCUT2D eigenvalue weighted by molar-refractivity contribution is 5.70. The lowest BCUT2D eigenvalue weighted by molar-refractivity contribution is -0.889. The van der Waals surface area contributed by atoms with Crippen molar-refractivity contribution in [2.45, 2.75) is 167 Å². The number of aliphatic carboxylic acids is 1. The van der Waals surface area contributed by atoms with E-state index in [9.17, 15) is 19.5 Å². The smallest absolute Gasteiger partial charge is 0.306 e. The van der Waals surface area contributed by atoms with Crippen LogP contribution in [0.4, 0.5) is 0 Å². The van der Waals surface area contributed by atoms with Crippen molar-refractivity contribution < 1.29 is 38.2 Å². The molecule has 2 unspecified atom stereocenters. The summed E-state index contributed by atoms with van der Waals surface area (Å²) < 4.78 is 17.1. The van der Waals surface area contributed by atoms with Crippen molar-refractivity contribution in [1.29, 1.82) is 0 Å². The highest BCUT2D eigenvalue weighted by atomic mass is 16.6. The van der Waals surface area contributed by atoms with Crippen molar-refractivity contribution in [1.82, 2.24) is 0 Å². The summed E-state index contributed by atoms with van der Waals surface area (Å²) in [7, 11) is 5.38. The van der Waals surface area contributed by atoms with Gasteiger partial charge in [0.15, 0.2) is 6.10 Å². The van der Waals surface area contributed by atoms with Crippen LogP contribution in [0.25, 0.3) is 0 Å². The fourth-order valence-corrected chi connectivity index (χ4v) is 5.64. The van der Waals surface area contributed by atoms with Gasteiger partial charge in [-0.15, -0.1) is 0 Å². The summed E-state index contributed by atoms with van der Waals surface area (Å²) in [5, 5.41) is 11.6. The Morgan fingerprint density at radius 1 is 0.585 bits per heavy atom. The predicted octanol–water partition coefficient (Wildman–Crippen LogP) is 9.69. The van der Waals surface area contributed by atoms with E-state index in [1.807, 2.05) is 0 Å². The van der Waals surface area contributed by atoms with Crippen molar-refractivity contribution in [3.63, 3.8) is 0 Å². The standard InChI is InChI=1S/C45H77NO7/c1-6-8-10-12-14-16-18-20-21-22-23-24-26-28-30-32-34-36-44(48)53-41(39-51-38-37-42(45(49)50)46(3,4)5)40-52-43(47)35-33-31-29-27-25-19-17-15-13-11-9-7-2/h9,11,14-17,20-21,25,27,41-42H,6-8,10,12-13,18-19,22-24,26,28-40H2,1-5H3/b11-9+,16-14+,17-15+,21-20+,27-25+. The Morgan fingerprint density at radius 2 is 1.06 bits per heavy atom. The second-order valence-electron chi connectivity index (χ2n) is 14.8. The molecule has 0 aliphatic rings. The van der Waals surface area contributed by atoms with Crippen LogP contribution in [0.15, 0.2) is 60.8 Å². The zero-order valence-corrected chi connectivity index (χ0v) is 34.4. The third-order valence-electron chi connectivity index (χ3n) is 8.89. The zero-order valence-electron chi connectivity index (χ0n) is 34.4. The third-order valence-corrected chi connectivity index (χ3v) is 8.89. The molecular formula is C45H77NO7. The van der Waals surface area contributed by atoms with E-state index in [4.69, 9.17) is 14.2 Å². The number of esters is 2. The Hall–Kier alpha value is -2.97. The number of allylic oxidation sites excluding steroid dienone is 10. The second-order valence-corrected chi connectivity index (χ2v) is 14.8. The molecule has 0 amide bonds. The molecule has 0 rings (SSSR count). The third kappa shape index (κ3) is 34.5. The van der Waals surface area contributed by atoms with Crippen molar-refractivity contribution in [3.05, 3.63) is 60.8 Å². The lowest BCUT2D eigenvalue weighted by Gasteiger charge is -2.34. The first-order chi connectivity index (χ1) is 25.6. The summed E-state index contributed by atoms with van der Waals surface area (Å²) in [5.74, 6) is -1.80. The van der Waals surface area contributed by atoms with E-state index in [2.05, 4.69) is 74.6 Å². The number of hydrogen-bond acceptors (Lipinski definition) is 7. The molecular weight excluding hydrogens is 666 g/mol. The van der Waals surface area contributed by atoms with Gasteiger partial charge in [-0.3, -0.25) is 9.59 Å². The second kappa shape index (κ2) is 36.0. The van der Waals surface area contributed by atoms with Crippen LogP contribution in [0.1, 0.15) is 155 Å². The highest BCUT2D eigenvalue weighted by Crippen LogP contribution is 2.13. The van der Waals surface area contributed by atoms with E-state index >= 15 is 0 Å². The monoisotopic (exact) mass is 744 g/mol. The van der Waals surface area contributed by atoms with Crippen LogP contribution in [0.3, 0.4) is 0 Å². The summed E-state index contributed by atoms with van der Waals surface area (Å²) in [6, 6.07) is -0.734. The van der Waals surface area contributed by atoms with E-state index in [1.165, 1.54) is 44.9 Å². The molecule has 0 heterocycles. The van der Waals surface area contributed by atoms with E-state index in [-0.39, 0.29) is 42.7 Å². The van der Waals surface area contributed by atoms with Gasteiger partial charge in [-0.25, -0.2) is 0 Å². The molecule has 8 nitrogen and oxygen atoms in total. The molecule has 0 radical (unpaired) electrons. The van der Waals surface area contributed by atoms with Gasteiger partial charge in [0.25, 0.3) is 0 Å². The maximum absolute atomic E-state index is 12.7. The molecule has 8 heteroatoms. The van der Waals surface area contributed by atoms with E-state index in [0.29, 0.717) is 19.3 Å². The SMILES string of the molecule is CC/C=C/C/C=C/C/C=C/CCCCC(=O)OCC(COCCC(C(=O)[O-])[N+](C)(C)C)OC(=O)CCCCCCCCC/C=C/C/C=C/CCCCC. The minimum absolute atomic E-state index is 0.0228. The molecule has 0 spiro atoms. The van der Waals surface area contributed by atoms with Crippen molar-refractivity contribution in [2.24, 2.45) is 0 Å². The van der Waals surface area contributed by atoms with Gasteiger partial charge >= 0.3 is 11.9 Å². The Bertz CT molecular complexity index is 1050. The Morgan fingerprint density at radius 3 is 1.60 bits per heavy atom. The number of ether oxygens (including phenoxy) is 3. The fraction of sp³-hybridized carbons (Fsp3) is 0.711. The molecule has 0 saturated carbocycles. The van der Waals surface area contributed by atoms with Crippen LogP contribution in [-0.2, 0) is 28.6 Å². The van der Waals surface area contributed by atoms with Gasteiger partial charge in [-0.05, 0) is 77.0 Å². The minimum atomic E-state index is -1.13. The number of hydrogen-bond donors (Lipinski definition) is 0. The summed E-state index contributed by atoms with van der Waals surface area (Å²) in [4.78, 5) is 36.7. The van der Waals surface area contributed by atoms with Crippen molar-refractivity contribution >= 4 is 17.9 Å². The van der Waals surface area contributed by atoms with Gasteiger partial charge in [-0.1, -0.05) is 120 Å². The number of carbonyl (C=O) groups excluding carboxylic acids is 3. The lowest BCUT2D eigenvalue weighted by atomic mass is 10.1. The van der Waals surface area contributed by atoms with Crippen LogP contribution in [0.2, 0.25) is 0 Å². The number of unbranched alkanes of at least 4 members (excludes halogenated alkanes) is 12. The predicted molar refractivity (Wildman–Crippen MR) is 217 cm³/mol. The first-order valence-corrected chi connectivity index (χ1v) is 20.8. The van der Waals surface area contributed by atoms with Gasteiger partial charge in [0.2, 0.25) is 0 Å². The summed E-state index contributed by atoms with van der Waals surface area (Å²) in [5.41, 5.74) is 0. The van der Waals surface area contributed by atoms with E-state index < -0.39 is 18.1 Å². The highest BCUT2D eigenvalue weighted by Gasteiger charge is 2.25. The van der Waals surface area contributed by atoms with E-state index in [0.717, 1.165) is 70.6 Å². The fourth-order valence-electron chi connectivity index (χ4n) is 5.64. The average molecular weight is 744 g/mol. The molecule has 304 valence electrons. The maximum atomic E-state index is 12.7. The molecule has 0 aromatic heterocycles. The van der Waals surface area contributed by atoms with Crippen LogP contribution in [0, 0.1) is 0 Å². The van der Waals surface area contributed by atoms with Crippen molar-refractivity contribution in [2.75, 3.05) is 41.0 Å². The topological polar surface area (TPSA) is 102 Å². The Labute approximate surface area is 324 Å². The molecule has 2 atom stereocenters. The normalized spacial score (nSPS) is 13.6. The van der Waals surface area contributed by atoms with Crippen LogP contribution in [0.5, 0.6) is 0 Å². The summed E-state index contributed by atoms with van der Waals surface area (Å²) in [6.45, 7) is 4.45. The van der Waals surface area contributed by atoms with Crippen LogP contribution >= 0.6 is 0 Å². The Kier molecular flexibility index (Phi) is 34.0. The first kappa shape index (κ1) is 50.0. The summed E-state index contributed by atoms with van der Waals surface area (Å²) >= 11 is 0.